The van der Waals surface area contributed by atoms with Crippen molar-refractivity contribution in [2.45, 2.75) is 51.1 Å². The molecule has 4 nitrogen and oxygen atoms in total. The van der Waals surface area contributed by atoms with E-state index in [0.717, 1.165) is 25.8 Å². The molecule has 0 aliphatic heterocycles. The number of nitrogens with zero attached hydrogens (tertiary/aromatic N) is 1. The fourth-order valence-corrected chi connectivity index (χ4v) is 2.63. The van der Waals surface area contributed by atoms with Crippen LogP contribution >= 0.6 is 0 Å². The second kappa shape index (κ2) is 6.05. The second-order valence-electron chi connectivity index (χ2n) is 5.11. The molecule has 18 heavy (non-hydrogen) atoms. The Morgan fingerprint density at radius 2 is 2.33 bits per heavy atom. The third kappa shape index (κ3) is 3.13. The minimum absolute atomic E-state index is 0.112. The van der Waals surface area contributed by atoms with Crippen LogP contribution in [0.1, 0.15) is 49.3 Å². The van der Waals surface area contributed by atoms with E-state index in [4.69, 9.17) is 5.73 Å². The van der Waals surface area contributed by atoms with Gasteiger partial charge in [-0.3, -0.25) is 4.79 Å². The van der Waals surface area contributed by atoms with Crippen molar-refractivity contribution in [1.82, 2.24) is 9.88 Å². The van der Waals surface area contributed by atoms with Crippen molar-refractivity contribution in [3.05, 3.63) is 23.5 Å². The topological polar surface area (TPSA) is 60.0 Å². The summed E-state index contributed by atoms with van der Waals surface area (Å²) in [5.41, 5.74) is 8.90. The molecular formula is C14H23N3O. The number of aromatic nitrogens is 1. The molecule has 0 spiro atoms. The summed E-state index contributed by atoms with van der Waals surface area (Å²) in [6, 6.07) is 0.197. The van der Waals surface area contributed by atoms with Gasteiger partial charge < -0.3 is 15.6 Å². The number of nitrogens with two attached hydrogens (primary N) is 1. The summed E-state index contributed by atoms with van der Waals surface area (Å²) in [6.45, 7) is 0.896. The van der Waals surface area contributed by atoms with E-state index in [9.17, 15) is 4.79 Å². The first-order valence-electron chi connectivity index (χ1n) is 6.85. The predicted molar refractivity (Wildman–Crippen MR) is 72.2 cm³/mol. The highest BCUT2D eigenvalue weighted by atomic mass is 16.1. The van der Waals surface area contributed by atoms with Gasteiger partial charge in [0.25, 0.3) is 0 Å². The minimum Gasteiger partial charge on any atom is -0.359 e. The summed E-state index contributed by atoms with van der Waals surface area (Å²) < 4.78 is 2.19. The lowest BCUT2D eigenvalue weighted by Gasteiger charge is -2.07. The van der Waals surface area contributed by atoms with Crippen molar-refractivity contribution >= 4 is 5.91 Å². The molecule has 4 heteroatoms. The van der Waals surface area contributed by atoms with E-state index < -0.39 is 0 Å². The van der Waals surface area contributed by atoms with Crippen LogP contribution in [-0.4, -0.2) is 17.5 Å². The molecule has 0 aromatic carbocycles. The zero-order valence-electron chi connectivity index (χ0n) is 11.1. The molecule has 0 saturated carbocycles. The van der Waals surface area contributed by atoms with Crippen LogP contribution in [0.4, 0.5) is 0 Å². The maximum absolute atomic E-state index is 11.2. The molecule has 3 N–H and O–H groups in total. The Morgan fingerprint density at radius 3 is 3.11 bits per heavy atom. The van der Waals surface area contributed by atoms with E-state index in [2.05, 4.69) is 22.3 Å². The quantitative estimate of drug-likeness (QED) is 0.798. The number of fused-ring (bicyclic) bond motifs is 1. The molecule has 0 saturated heterocycles. The lowest BCUT2D eigenvalue weighted by molar-refractivity contribution is -0.120. The van der Waals surface area contributed by atoms with Gasteiger partial charge in [0.05, 0.1) is 0 Å². The highest BCUT2D eigenvalue weighted by molar-refractivity contribution is 5.75. The molecule has 1 aliphatic rings. The number of hydrogen-bond acceptors (Lipinski definition) is 2. The monoisotopic (exact) mass is 249 g/mol. The van der Waals surface area contributed by atoms with Crippen LogP contribution in [0.25, 0.3) is 0 Å². The highest BCUT2D eigenvalue weighted by Gasteiger charge is 2.17. The average Bonchev–Trinajstić information content (AvgIpc) is 2.70. The van der Waals surface area contributed by atoms with Crippen LogP contribution < -0.4 is 11.1 Å². The Bertz CT molecular complexity index is 411. The van der Waals surface area contributed by atoms with Gasteiger partial charge in [0.1, 0.15) is 0 Å². The molecule has 1 atom stereocenters. The lowest BCUT2D eigenvalue weighted by atomic mass is 10.1. The van der Waals surface area contributed by atoms with Gasteiger partial charge in [-0.05, 0) is 36.8 Å². The molecule has 1 amide bonds. The van der Waals surface area contributed by atoms with Crippen LogP contribution in [0.3, 0.4) is 0 Å². The van der Waals surface area contributed by atoms with E-state index in [0.29, 0.717) is 6.42 Å². The first kappa shape index (κ1) is 13.1. The molecule has 1 heterocycles. The van der Waals surface area contributed by atoms with Gasteiger partial charge in [-0.1, -0.05) is 6.42 Å². The van der Waals surface area contributed by atoms with Gasteiger partial charge in [0.15, 0.2) is 0 Å². The van der Waals surface area contributed by atoms with E-state index in [1.807, 2.05) is 0 Å². The van der Waals surface area contributed by atoms with Crippen LogP contribution in [0.2, 0.25) is 0 Å². The fraction of sp³-hybridized carbons (Fsp3) is 0.643. The Labute approximate surface area is 109 Å². The molecule has 1 unspecified atom stereocenters. The zero-order valence-corrected chi connectivity index (χ0v) is 11.1. The number of aryl methyl sites for hydroxylation is 2. The zero-order chi connectivity index (χ0) is 13.0. The second-order valence-corrected chi connectivity index (χ2v) is 5.11. The fourth-order valence-electron chi connectivity index (χ4n) is 2.63. The molecule has 100 valence electrons. The maximum Gasteiger partial charge on any atom is 0.219 e. The van der Waals surface area contributed by atoms with Gasteiger partial charge in [-0.15, -0.1) is 0 Å². The molecule has 2 rings (SSSR count). The first-order chi connectivity index (χ1) is 8.70. The van der Waals surface area contributed by atoms with Gasteiger partial charge in [0, 0.05) is 38.4 Å². The van der Waals surface area contributed by atoms with E-state index in [1.165, 1.54) is 24.0 Å². The molecule has 1 aromatic rings. The summed E-state index contributed by atoms with van der Waals surface area (Å²) in [6.07, 6.45) is 10.6. The SMILES string of the molecule is CNC(=O)CCCn1cc2c(c1)C(N)CCCC2. The maximum atomic E-state index is 11.2. The molecule has 1 aromatic heterocycles. The third-order valence-corrected chi connectivity index (χ3v) is 3.71. The van der Waals surface area contributed by atoms with E-state index in [1.54, 1.807) is 7.05 Å². The largest absolute Gasteiger partial charge is 0.359 e. The van der Waals surface area contributed by atoms with Crippen molar-refractivity contribution in [2.24, 2.45) is 5.73 Å². The number of carbonyl (C=O) groups excluding carboxylic acids is 1. The average molecular weight is 249 g/mol. The number of hydrogen-bond donors (Lipinski definition) is 2. The molecular weight excluding hydrogens is 226 g/mol. The van der Waals surface area contributed by atoms with Crippen molar-refractivity contribution in [1.29, 1.82) is 0 Å². The molecule has 1 aliphatic carbocycles. The summed E-state index contributed by atoms with van der Waals surface area (Å²) in [5.74, 6) is 0.112. The van der Waals surface area contributed by atoms with Crippen LogP contribution in [0, 0.1) is 0 Å². The van der Waals surface area contributed by atoms with Gasteiger partial charge in [-0.2, -0.15) is 0 Å². The standard InChI is InChI=1S/C14H23N3O/c1-16-14(18)7-4-8-17-9-11-5-2-3-6-13(15)12(11)10-17/h9-10,13H,2-8,15H2,1H3,(H,16,18). The Hall–Kier alpha value is -1.29. The van der Waals surface area contributed by atoms with Crippen molar-refractivity contribution in [2.75, 3.05) is 7.05 Å². The number of amides is 1. The van der Waals surface area contributed by atoms with Gasteiger partial charge in [0.2, 0.25) is 5.91 Å². The third-order valence-electron chi connectivity index (χ3n) is 3.71. The Balaban J connectivity index is 1.95. The van der Waals surface area contributed by atoms with E-state index in [-0.39, 0.29) is 11.9 Å². The summed E-state index contributed by atoms with van der Waals surface area (Å²) >= 11 is 0. The Kier molecular flexibility index (Phi) is 4.42. The summed E-state index contributed by atoms with van der Waals surface area (Å²) in [7, 11) is 1.68. The highest BCUT2D eigenvalue weighted by Crippen LogP contribution is 2.27. The number of rotatable bonds is 4. The van der Waals surface area contributed by atoms with Crippen LogP contribution in [-0.2, 0) is 17.8 Å². The normalized spacial score (nSPS) is 19.1. The predicted octanol–water partition coefficient (Wildman–Crippen LogP) is 1.74. The first-order valence-corrected chi connectivity index (χ1v) is 6.85. The van der Waals surface area contributed by atoms with E-state index >= 15 is 0 Å². The van der Waals surface area contributed by atoms with Crippen LogP contribution in [0.5, 0.6) is 0 Å². The molecule has 0 fully saturated rings. The van der Waals surface area contributed by atoms with Crippen molar-refractivity contribution in [3.63, 3.8) is 0 Å². The molecule has 0 radical (unpaired) electrons. The van der Waals surface area contributed by atoms with Crippen molar-refractivity contribution in [3.8, 4) is 0 Å². The minimum atomic E-state index is 0.112. The number of carbonyl (C=O) groups is 1. The number of nitrogens with one attached hydrogen (secondary N) is 1. The lowest BCUT2D eigenvalue weighted by Crippen LogP contribution is -2.17. The molecule has 0 bridgehead atoms. The van der Waals surface area contributed by atoms with Gasteiger partial charge in [-0.25, -0.2) is 0 Å². The van der Waals surface area contributed by atoms with Crippen LogP contribution in [0.15, 0.2) is 12.4 Å². The van der Waals surface area contributed by atoms with Gasteiger partial charge >= 0.3 is 0 Å². The summed E-state index contributed by atoms with van der Waals surface area (Å²) in [5, 5.41) is 2.65. The summed E-state index contributed by atoms with van der Waals surface area (Å²) in [4.78, 5) is 11.2. The smallest absolute Gasteiger partial charge is 0.219 e. The van der Waals surface area contributed by atoms with Crippen molar-refractivity contribution < 1.29 is 4.79 Å². The Morgan fingerprint density at radius 1 is 1.50 bits per heavy atom.